The van der Waals surface area contributed by atoms with Crippen LogP contribution in [0.5, 0.6) is 0 Å². The summed E-state index contributed by atoms with van der Waals surface area (Å²) >= 11 is 1.92. The highest BCUT2D eigenvalue weighted by molar-refractivity contribution is 8.00. The van der Waals surface area contributed by atoms with Gasteiger partial charge < -0.3 is 5.32 Å². The van der Waals surface area contributed by atoms with Gasteiger partial charge in [0, 0.05) is 17.2 Å². The molecule has 3 fully saturated rings. The Morgan fingerprint density at radius 2 is 2.00 bits per heavy atom. The van der Waals surface area contributed by atoms with Crippen LogP contribution < -0.4 is 5.32 Å². The summed E-state index contributed by atoms with van der Waals surface area (Å²) in [6, 6.07) is 0. The SMILES string of the molecule is CSC1(CNC(=O)C2CC3CC3C2)CC1. The van der Waals surface area contributed by atoms with Crippen molar-refractivity contribution in [3.8, 4) is 0 Å². The van der Waals surface area contributed by atoms with Gasteiger partial charge in [-0.15, -0.1) is 0 Å². The first-order valence-electron chi connectivity index (χ1n) is 6.05. The quantitative estimate of drug-likeness (QED) is 0.793. The lowest BCUT2D eigenvalue weighted by Crippen LogP contribution is -2.35. The normalized spacial score (nSPS) is 39.7. The summed E-state index contributed by atoms with van der Waals surface area (Å²) in [4.78, 5) is 11.9. The average molecular weight is 225 g/mol. The number of fused-ring (bicyclic) bond motifs is 1. The maximum Gasteiger partial charge on any atom is 0.223 e. The highest BCUT2D eigenvalue weighted by Gasteiger charge is 2.48. The zero-order chi connectivity index (χ0) is 10.5. The van der Waals surface area contributed by atoms with Crippen LogP contribution in [0.1, 0.15) is 32.1 Å². The highest BCUT2D eigenvalue weighted by Crippen LogP contribution is 2.54. The van der Waals surface area contributed by atoms with Crippen molar-refractivity contribution in [2.75, 3.05) is 12.8 Å². The minimum Gasteiger partial charge on any atom is -0.354 e. The maximum absolute atomic E-state index is 11.9. The second-order valence-electron chi connectivity index (χ2n) is 5.53. The van der Waals surface area contributed by atoms with Gasteiger partial charge in [0.15, 0.2) is 0 Å². The van der Waals surface area contributed by atoms with Gasteiger partial charge in [0.1, 0.15) is 0 Å². The van der Waals surface area contributed by atoms with E-state index in [-0.39, 0.29) is 0 Å². The Morgan fingerprint density at radius 1 is 1.33 bits per heavy atom. The molecular formula is C12H19NOS. The van der Waals surface area contributed by atoms with Crippen molar-refractivity contribution in [2.45, 2.75) is 36.9 Å². The molecule has 15 heavy (non-hydrogen) atoms. The molecule has 0 aromatic heterocycles. The number of rotatable bonds is 4. The summed E-state index contributed by atoms with van der Waals surface area (Å²) in [6.07, 6.45) is 8.46. The van der Waals surface area contributed by atoms with Crippen LogP contribution in [0.3, 0.4) is 0 Å². The number of hydrogen-bond donors (Lipinski definition) is 1. The van der Waals surface area contributed by atoms with Crippen LogP contribution >= 0.6 is 11.8 Å². The first-order chi connectivity index (χ1) is 7.22. The van der Waals surface area contributed by atoms with Crippen molar-refractivity contribution in [3.63, 3.8) is 0 Å². The number of carbonyl (C=O) groups excluding carboxylic acids is 1. The Morgan fingerprint density at radius 3 is 2.53 bits per heavy atom. The van der Waals surface area contributed by atoms with Crippen LogP contribution in [-0.2, 0) is 4.79 Å². The van der Waals surface area contributed by atoms with Crippen LogP contribution in [0.25, 0.3) is 0 Å². The zero-order valence-corrected chi connectivity index (χ0v) is 10.1. The monoisotopic (exact) mass is 225 g/mol. The fourth-order valence-electron chi connectivity index (χ4n) is 2.91. The molecule has 3 saturated carbocycles. The third-order valence-corrected chi connectivity index (χ3v) is 5.86. The molecule has 0 aliphatic heterocycles. The van der Waals surface area contributed by atoms with Gasteiger partial charge in [-0.1, -0.05) is 0 Å². The maximum atomic E-state index is 11.9. The second-order valence-corrected chi connectivity index (χ2v) is 6.80. The summed E-state index contributed by atoms with van der Waals surface area (Å²) in [7, 11) is 0. The van der Waals surface area contributed by atoms with E-state index in [1.54, 1.807) is 0 Å². The number of thioether (sulfide) groups is 1. The molecule has 84 valence electrons. The van der Waals surface area contributed by atoms with Gasteiger partial charge in [-0.25, -0.2) is 0 Å². The molecule has 0 saturated heterocycles. The van der Waals surface area contributed by atoms with Gasteiger partial charge in [-0.3, -0.25) is 4.79 Å². The second kappa shape index (κ2) is 3.41. The smallest absolute Gasteiger partial charge is 0.223 e. The van der Waals surface area contributed by atoms with Crippen LogP contribution in [-0.4, -0.2) is 23.5 Å². The molecule has 2 nitrogen and oxygen atoms in total. The van der Waals surface area contributed by atoms with Crippen LogP contribution in [0, 0.1) is 17.8 Å². The lowest BCUT2D eigenvalue weighted by atomic mass is 10.0. The van der Waals surface area contributed by atoms with E-state index in [1.807, 2.05) is 11.8 Å². The minimum atomic E-state index is 0.336. The molecular weight excluding hydrogens is 206 g/mol. The van der Waals surface area contributed by atoms with E-state index in [1.165, 1.54) is 32.1 Å². The molecule has 0 heterocycles. The molecule has 0 aromatic rings. The van der Waals surface area contributed by atoms with E-state index in [4.69, 9.17) is 0 Å². The van der Waals surface area contributed by atoms with Crippen molar-refractivity contribution in [1.82, 2.24) is 5.32 Å². The topological polar surface area (TPSA) is 29.1 Å². The first kappa shape index (κ1) is 10.0. The molecule has 3 heteroatoms. The van der Waals surface area contributed by atoms with E-state index in [0.29, 0.717) is 16.6 Å². The fraction of sp³-hybridized carbons (Fsp3) is 0.917. The Hall–Kier alpha value is -0.180. The van der Waals surface area contributed by atoms with Crippen molar-refractivity contribution in [3.05, 3.63) is 0 Å². The number of hydrogen-bond acceptors (Lipinski definition) is 2. The van der Waals surface area contributed by atoms with Crippen molar-refractivity contribution < 1.29 is 4.79 Å². The Balaban J connectivity index is 1.45. The van der Waals surface area contributed by atoms with Gasteiger partial charge in [0.2, 0.25) is 5.91 Å². The Bertz CT molecular complexity index is 277. The number of carbonyl (C=O) groups is 1. The third kappa shape index (κ3) is 1.91. The summed E-state index contributed by atoms with van der Waals surface area (Å²) in [5.41, 5.74) is 0. The Labute approximate surface area is 95.6 Å². The molecule has 1 N–H and O–H groups in total. The van der Waals surface area contributed by atoms with Crippen LogP contribution in [0.4, 0.5) is 0 Å². The van der Waals surface area contributed by atoms with Crippen molar-refractivity contribution in [1.29, 1.82) is 0 Å². The summed E-state index contributed by atoms with van der Waals surface area (Å²) in [5, 5.41) is 3.16. The fourth-order valence-corrected chi connectivity index (χ4v) is 3.64. The summed E-state index contributed by atoms with van der Waals surface area (Å²) in [5.74, 6) is 2.52. The zero-order valence-electron chi connectivity index (χ0n) is 9.29. The van der Waals surface area contributed by atoms with Gasteiger partial charge in [0.25, 0.3) is 0 Å². The van der Waals surface area contributed by atoms with Gasteiger partial charge >= 0.3 is 0 Å². The first-order valence-corrected chi connectivity index (χ1v) is 7.28. The van der Waals surface area contributed by atoms with Gasteiger partial charge in [0.05, 0.1) is 0 Å². The van der Waals surface area contributed by atoms with Crippen molar-refractivity contribution >= 4 is 17.7 Å². The molecule has 1 amide bonds. The van der Waals surface area contributed by atoms with Gasteiger partial charge in [-0.2, -0.15) is 11.8 Å². The largest absolute Gasteiger partial charge is 0.354 e. The molecule has 2 unspecified atom stereocenters. The predicted molar refractivity (Wildman–Crippen MR) is 62.8 cm³/mol. The molecule has 3 rings (SSSR count). The van der Waals surface area contributed by atoms with E-state index in [2.05, 4.69) is 11.6 Å². The van der Waals surface area contributed by atoms with Gasteiger partial charge in [-0.05, 0) is 50.2 Å². The molecule has 0 spiro atoms. The molecule has 0 aromatic carbocycles. The molecule has 3 aliphatic carbocycles. The summed E-state index contributed by atoms with van der Waals surface area (Å²) < 4.78 is 0.414. The van der Waals surface area contributed by atoms with Crippen molar-refractivity contribution in [2.24, 2.45) is 17.8 Å². The highest BCUT2D eigenvalue weighted by atomic mass is 32.2. The van der Waals surface area contributed by atoms with E-state index in [9.17, 15) is 4.79 Å². The van der Waals surface area contributed by atoms with Crippen LogP contribution in [0.2, 0.25) is 0 Å². The lowest BCUT2D eigenvalue weighted by Gasteiger charge is -2.16. The van der Waals surface area contributed by atoms with E-state index >= 15 is 0 Å². The van der Waals surface area contributed by atoms with E-state index < -0.39 is 0 Å². The lowest BCUT2D eigenvalue weighted by molar-refractivity contribution is -0.125. The summed E-state index contributed by atoms with van der Waals surface area (Å²) in [6.45, 7) is 0.902. The minimum absolute atomic E-state index is 0.336. The van der Waals surface area contributed by atoms with Crippen LogP contribution in [0.15, 0.2) is 0 Å². The number of nitrogens with one attached hydrogen (secondary N) is 1. The van der Waals surface area contributed by atoms with E-state index in [0.717, 1.165) is 18.4 Å². The number of amides is 1. The molecule has 3 aliphatic rings. The molecule has 0 bridgehead atoms. The predicted octanol–water partition coefficient (Wildman–Crippen LogP) is 2.04. The standard InChI is InChI=1S/C12H19NOS/c1-15-12(2-3-12)7-13-11(14)10-5-8-4-9(8)6-10/h8-10H,2-7H2,1H3,(H,13,14). The Kier molecular flexibility index (Phi) is 2.27. The molecule has 0 radical (unpaired) electrons. The average Bonchev–Trinajstić information content (AvgIpc) is 3.16. The third-order valence-electron chi connectivity index (χ3n) is 4.44. The molecule has 2 atom stereocenters.